The van der Waals surface area contributed by atoms with Gasteiger partial charge in [0, 0.05) is 18.2 Å². The Bertz CT molecular complexity index is 1160. The average molecular weight is 679 g/mol. The van der Waals surface area contributed by atoms with Crippen LogP contribution >= 0.6 is 45.8 Å². The average Bonchev–Trinajstić information content (AvgIpc) is 2.85. The molecule has 0 saturated carbocycles. The van der Waals surface area contributed by atoms with Crippen molar-refractivity contribution in [3.05, 3.63) is 49.5 Å². The van der Waals surface area contributed by atoms with Crippen LogP contribution in [0.1, 0.15) is 32.8 Å². The molecule has 2 aromatic rings. The first kappa shape index (κ1) is 31.6. The van der Waals surface area contributed by atoms with Crippen LogP contribution in [0.3, 0.4) is 0 Å². The van der Waals surface area contributed by atoms with Crippen molar-refractivity contribution < 1.29 is 28.6 Å². The van der Waals surface area contributed by atoms with Gasteiger partial charge in [0.05, 0.1) is 33.2 Å². The highest BCUT2D eigenvalue weighted by molar-refractivity contribution is 14.1. The third kappa shape index (κ3) is 11.0. The van der Waals surface area contributed by atoms with E-state index in [2.05, 4.69) is 21.2 Å². The molecule has 38 heavy (non-hydrogen) atoms. The number of nitrogens with one attached hydrogen (secondary N) is 3. The number of halogens is 3. The summed E-state index contributed by atoms with van der Waals surface area (Å²) >= 11 is 14.0. The molecule has 2 aromatic carbocycles. The number of nitrogens with zero attached hydrogens (tertiary/aromatic N) is 1. The number of rotatable bonds is 13. The summed E-state index contributed by atoms with van der Waals surface area (Å²) in [5.41, 5.74) is 3.17. The van der Waals surface area contributed by atoms with Gasteiger partial charge in [-0.1, -0.05) is 23.2 Å². The van der Waals surface area contributed by atoms with Crippen molar-refractivity contribution in [1.29, 1.82) is 0 Å². The summed E-state index contributed by atoms with van der Waals surface area (Å²) < 4.78 is 17.4. The fourth-order valence-corrected chi connectivity index (χ4v) is 4.11. The molecule has 3 amide bonds. The predicted octanol–water partition coefficient (Wildman–Crippen LogP) is 4.40. The van der Waals surface area contributed by atoms with E-state index < -0.39 is 17.7 Å². The summed E-state index contributed by atoms with van der Waals surface area (Å²) in [5, 5.41) is 9.77. The normalized spacial score (nSPS) is 10.9. The molecule has 0 spiro atoms. The first-order valence-electron chi connectivity index (χ1n) is 11.7. The number of hydrogen-bond donors (Lipinski definition) is 3. The van der Waals surface area contributed by atoms with Crippen LogP contribution in [0.2, 0.25) is 10.0 Å². The Labute approximate surface area is 244 Å². The van der Waals surface area contributed by atoms with E-state index in [4.69, 9.17) is 37.4 Å². The third-order valence-corrected chi connectivity index (χ3v) is 5.88. The SMILES string of the molecule is CCOc1cc(/C=N\NC(=O)C(=O)NCCCOC(C)C)cc(I)c1OCC(=O)Nc1ccc(Cl)cc1Cl. The Hall–Kier alpha value is -2.61. The van der Waals surface area contributed by atoms with Gasteiger partial charge in [-0.15, -0.1) is 0 Å². The number of carbonyl (C=O) groups is 3. The van der Waals surface area contributed by atoms with E-state index in [0.717, 1.165) is 0 Å². The van der Waals surface area contributed by atoms with E-state index in [-0.39, 0.29) is 12.7 Å². The number of hydrogen-bond acceptors (Lipinski definition) is 7. The second-order valence-corrected chi connectivity index (χ2v) is 9.96. The molecule has 0 saturated heterocycles. The van der Waals surface area contributed by atoms with Gasteiger partial charge in [0.1, 0.15) is 0 Å². The van der Waals surface area contributed by atoms with Gasteiger partial charge in [0.15, 0.2) is 18.1 Å². The molecule has 0 aliphatic heterocycles. The van der Waals surface area contributed by atoms with Gasteiger partial charge in [-0.2, -0.15) is 5.10 Å². The zero-order valence-corrected chi connectivity index (χ0v) is 24.8. The number of carbonyl (C=O) groups excluding carboxylic acids is 3. The minimum absolute atomic E-state index is 0.106. The molecule has 0 heterocycles. The summed E-state index contributed by atoms with van der Waals surface area (Å²) in [5.74, 6) is -1.36. The van der Waals surface area contributed by atoms with E-state index in [1.807, 2.05) is 36.4 Å². The van der Waals surface area contributed by atoms with Crippen molar-refractivity contribution in [2.24, 2.45) is 5.10 Å². The summed E-state index contributed by atoms with van der Waals surface area (Å²) in [6.45, 7) is 6.49. The monoisotopic (exact) mass is 678 g/mol. The van der Waals surface area contributed by atoms with E-state index in [1.165, 1.54) is 12.3 Å². The molecule has 0 aliphatic carbocycles. The molecular formula is C25H29Cl2IN4O6. The number of ether oxygens (including phenoxy) is 3. The van der Waals surface area contributed by atoms with E-state index in [0.29, 0.717) is 62.5 Å². The standard InChI is InChI=1S/C25H29Cl2IN4O6/c1-4-36-21-11-16(13-30-32-25(35)24(34)29-8-5-9-37-15(2)3)10-19(28)23(21)38-14-22(33)31-20-7-6-17(26)12-18(20)27/h6-7,10-13,15H,4-5,8-9,14H2,1-3H3,(H,29,34)(H,31,33)(H,32,35)/b30-13-. The lowest BCUT2D eigenvalue weighted by Crippen LogP contribution is -2.38. The first-order valence-corrected chi connectivity index (χ1v) is 13.5. The van der Waals surface area contributed by atoms with Crippen molar-refractivity contribution in [3.63, 3.8) is 0 Å². The van der Waals surface area contributed by atoms with E-state index in [1.54, 1.807) is 31.2 Å². The summed E-state index contributed by atoms with van der Waals surface area (Å²) in [6, 6.07) is 8.09. The van der Waals surface area contributed by atoms with Gasteiger partial charge in [-0.25, -0.2) is 5.43 Å². The molecule has 0 atom stereocenters. The van der Waals surface area contributed by atoms with Gasteiger partial charge >= 0.3 is 11.8 Å². The van der Waals surface area contributed by atoms with Crippen molar-refractivity contribution in [2.75, 3.05) is 31.7 Å². The van der Waals surface area contributed by atoms with Crippen LogP contribution in [0.25, 0.3) is 0 Å². The Morgan fingerprint density at radius 3 is 2.55 bits per heavy atom. The zero-order chi connectivity index (χ0) is 28.1. The smallest absolute Gasteiger partial charge is 0.329 e. The fourth-order valence-electron chi connectivity index (χ4n) is 2.87. The van der Waals surface area contributed by atoms with Gasteiger partial charge in [-0.3, -0.25) is 14.4 Å². The van der Waals surface area contributed by atoms with Gasteiger partial charge in [0.2, 0.25) is 0 Å². The second kappa shape index (κ2) is 16.4. The highest BCUT2D eigenvalue weighted by Gasteiger charge is 2.15. The summed E-state index contributed by atoms with van der Waals surface area (Å²) in [4.78, 5) is 36.2. The van der Waals surface area contributed by atoms with E-state index >= 15 is 0 Å². The topological polar surface area (TPSA) is 127 Å². The summed E-state index contributed by atoms with van der Waals surface area (Å²) in [6.07, 6.45) is 2.06. The van der Waals surface area contributed by atoms with Gasteiger partial charge in [-0.05, 0) is 85.7 Å². The Morgan fingerprint density at radius 2 is 1.87 bits per heavy atom. The number of anilines is 1. The van der Waals surface area contributed by atoms with E-state index in [9.17, 15) is 14.4 Å². The van der Waals surface area contributed by atoms with Gasteiger partial charge < -0.3 is 24.8 Å². The maximum atomic E-state index is 12.4. The second-order valence-electron chi connectivity index (χ2n) is 7.95. The van der Waals surface area contributed by atoms with Crippen LogP contribution in [-0.2, 0) is 19.1 Å². The molecule has 206 valence electrons. The zero-order valence-electron chi connectivity index (χ0n) is 21.1. The van der Waals surface area contributed by atoms with Crippen molar-refractivity contribution in [2.45, 2.75) is 33.3 Å². The molecule has 0 aromatic heterocycles. The molecule has 0 unspecified atom stereocenters. The summed E-state index contributed by atoms with van der Waals surface area (Å²) in [7, 11) is 0. The maximum Gasteiger partial charge on any atom is 0.329 e. The quantitative estimate of drug-likeness (QED) is 0.0948. The van der Waals surface area contributed by atoms with Crippen molar-refractivity contribution in [1.82, 2.24) is 10.7 Å². The molecule has 13 heteroatoms. The van der Waals surface area contributed by atoms with Crippen LogP contribution in [0, 0.1) is 3.57 Å². The van der Waals surface area contributed by atoms with Crippen LogP contribution < -0.4 is 25.5 Å². The Kier molecular flexibility index (Phi) is 13.6. The fraction of sp³-hybridized carbons (Fsp3) is 0.360. The number of amides is 3. The molecule has 0 aliphatic rings. The van der Waals surface area contributed by atoms with Crippen LogP contribution in [-0.4, -0.2) is 56.4 Å². The molecule has 0 radical (unpaired) electrons. The molecular weight excluding hydrogens is 650 g/mol. The van der Waals surface area contributed by atoms with Crippen LogP contribution in [0.5, 0.6) is 11.5 Å². The van der Waals surface area contributed by atoms with Crippen molar-refractivity contribution >= 4 is 75.4 Å². The van der Waals surface area contributed by atoms with Crippen LogP contribution in [0.4, 0.5) is 5.69 Å². The van der Waals surface area contributed by atoms with Crippen molar-refractivity contribution in [3.8, 4) is 11.5 Å². The highest BCUT2D eigenvalue weighted by atomic mass is 127. The number of hydrazone groups is 1. The lowest BCUT2D eigenvalue weighted by atomic mass is 10.2. The third-order valence-electron chi connectivity index (χ3n) is 4.53. The minimum Gasteiger partial charge on any atom is -0.490 e. The maximum absolute atomic E-state index is 12.4. The Balaban J connectivity index is 1.94. The molecule has 0 fully saturated rings. The molecule has 0 bridgehead atoms. The molecule has 2 rings (SSSR count). The first-order chi connectivity index (χ1) is 18.1. The minimum atomic E-state index is -0.891. The predicted molar refractivity (Wildman–Crippen MR) is 155 cm³/mol. The molecule has 10 nitrogen and oxygen atoms in total. The number of benzene rings is 2. The van der Waals surface area contributed by atoms with Crippen LogP contribution in [0.15, 0.2) is 35.4 Å². The largest absolute Gasteiger partial charge is 0.490 e. The highest BCUT2D eigenvalue weighted by Crippen LogP contribution is 2.34. The lowest BCUT2D eigenvalue weighted by Gasteiger charge is -2.15. The van der Waals surface area contributed by atoms with Gasteiger partial charge in [0.25, 0.3) is 5.91 Å². The Morgan fingerprint density at radius 1 is 1.11 bits per heavy atom. The lowest BCUT2D eigenvalue weighted by molar-refractivity contribution is -0.139. The molecule has 3 N–H and O–H groups in total.